The number of hydrogen-bond acceptors (Lipinski definition) is 4. The number of ether oxygens (including phenoxy) is 1. The van der Waals surface area contributed by atoms with Crippen LogP contribution in [0.1, 0.15) is 29.0 Å². The number of nitrogens with one attached hydrogen (secondary N) is 2. The Kier molecular flexibility index (Phi) is 5.51. The number of carbonyl (C=O) groups excluding carboxylic acids is 2. The molecule has 4 rings (SSSR count). The molecular weight excluding hydrogens is 392 g/mol. The Morgan fingerprint density at radius 2 is 2.10 bits per heavy atom. The summed E-state index contributed by atoms with van der Waals surface area (Å²) in [6.07, 6.45) is 1.30. The molecule has 1 aromatic heterocycles. The van der Waals surface area contributed by atoms with Gasteiger partial charge in [-0.1, -0.05) is 23.7 Å². The molecule has 0 bridgehead atoms. The van der Waals surface area contributed by atoms with Crippen LogP contribution in [0, 0.1) is 0 Å². The van der Waals surface area contributed by atoms with Crippen LogP contribution in [0.4, 0.5) is 5.69 Å². The summed E-state index contributed by atoms with van der Waals surface area (Å²) in [7, 11) is 1.89. The van der Waals surface area contributed by atoms with Gasteiger partial charge in [-0.25, -0.2) is 4.98 Å². The van der Waals surface area contributed by atoms with E-state index in [4.69, 9.17) is 16.3 Å². The molecule has 0 radical (unpaired) electrons. The second-order valence-corrected chi connectivity index (χ2v) is 7.35. The van der Waals surface area contributed by atoms with Gasteiger partial charge in [-0.2, -0.15) is 0 Å². The lowest BCUT2D eigenvalue weighted by Gasteiger charge is -2.10. The van der Waals surface area contributed by atoms with E-state index in [0.717, 1.165) is 29.7 Å². The number of imidazole rings is 1. The fourth-order valence-corrected chi connectivity index (χ4v) is 3.62. The largest absolute Gasteiger partial charge is 0.368 e. The standard InChI is InChI=1S/C21H21ClN4O3/c1-26-17-9-8-13(24-20(27)14-5-2-3-6-15(14)22)11-16(17)25-19(26)12-23-21(28)18-7-4-10-29-18/h2-3,5-6,8-9,11,18H,4,7,10,12H2,1H3,(H,23,28)(H,24,27)/t18-/m1/s1. The molecule has 0 aliphatic carbocycles. The first-order valence-electron chi connectivity index (χ1n) is 9.43. The van der Waals surface area contributed by atoms with Crippen LogP contribution in [0.2, 0.25) is 5.02 Å². The highest BCUT2D eigenvalue weighted by Gasteiger charge is 2.23. The maximum atomic E-state index is 12.5. The van der Waals surface area contributed by atoms with Gasteiger partial charge in [-0.15, -0.1) is 0 Å². The second-order valence-electron chi connectivity index (χ2n) is 6.94. The zero-order valence-corrected chi connectivity index (χ0v) is 16.7. The van der Waals surface area contributed by atoms with Gasteiger partial charge in [0, 0.05) is 19.3 Å². The molecule has 29 heavy (non-hydrogen) atoms. The number of aryl methyl sites for hydroxylation is 1. The highest BCUT2D eigenvalue weighted by molar-refractivity contribution is 6.34. The molecule has 0 spiro atoms. The Hall–Kier alpha value is -2.90. The lowest BCUT2D eigenvalue weighted by molar-refractivity contribution is -0.130. The molecular formula is C21H21ClN4O3. The van der Waals surface area contributed by atoms with Gasteiger partial charge < -0.3 is 19.9 Å². The fourth-order valence-electron chi connectivity index (χ4n) is 3.39. The number of hydrogen-bond donors (Lipinski definition) is 2. The highest BCUT2D eigenvalue weighted by atomic mass is 35.5. The monoisotopic (exact) mass is 412 g/mol. The molecule has 2 amide bonds. The number of benzene rings is 2. The Labute approximate surface area is 173 Å². The van der Waals surface area contributed by atoms with Gasteiger partial charge in [0.15, 0.2) is 0 Å². The minimum atomic E-state index is -0.365. The second kappa shape index (κ2) is 8.23. The molecule has 0 unspecified atom stereocenters. The Morgan fingerprint density at radius 1 is 1.28 bits per heavy atom. The lowest BCUT2D eigenvalue weighted by atomic mass is 10.2. The van der Waals surface area contributed by atoms with Gasteiger partial charge in [-0.3, -0.25) is 9.59 Å². The summed E-state index contributed by atoms with van der Waals surface area (Å²) in [5.41, 5.74) is 2.66. The van der Waals surface area contributed by atoms with Crippen LogP contribution in [0.5, 0.6) is 0 Å². The first-order valence-corrected chi connectivity index (χ1v) is 9.81. The summed E-state index contributed by atoms with van der Waals surface area (Å²) in [4.78, 5) is 29.2. The van der Waals surface area contributed by atoms with Crippen molar-refractivity contribution in [3.8, 4) is 0 Å². The Morgan fingerprint density at radius 3 is 2.86 bits per heavy atom. The molecule has 2 aromatic carbocycles. The van der Waals surface area contributed by atoms with Gasteiger partial charge in [0.05, 0.1) is 28.2 Å². The van der Waals surface area contributed by atoms with E-state index < -0.39 is 0 Å². The van der Waals surface area contributed by atoms with Gasteiger partial charge in [0.1, 0.15) is 11.9 Å². The summed E-state index contributed by atoms with van der Waals surface area (Å²) in [5.74, 6) is 0.332. The van der Waals surface area contributed by atoms with E-state index in [1.807, 2.05) is 23.7 Å². The molecule has 1 aliphatic rings. The Balaban J connectivity index is 1.48. The van der Waals surface area contributed by atoms with Crippen LogP contribution in [-0.4, -0.2) is 34.1 Å². The van der Waals surface area contributed by atoms with Crippen molar-refractivity contribution in [1.82, 2.24) is 14.9 Å². The van der Waals surface area contributed by atoms with Gasteiger partial charge in [0.2, 0.25) is 5.91 Å². The van der Waals surface area contributed by atoms with Crippen LogP contribution in [0.25, 0.3) is 11.0 Å². The van der Waals surface area contributed by atoms with Crippen molar-refractivity contribution in [1.29, 1.82) is 0 Å². The molecule has 7 nitrogen and oxygen atoms in total. The van der Waals surface area contributed by atoms with E-state index in [2.05, 4.69) is 15.6 Å². The van der Waals surface area contributed by atoms with Crippen molar-refractivity contribution in [3.05, 3.63) is 58.9 Å². The average Bonchev–Trinajstić information content (AvgIpc) is 3.35. The van der Waals surface area contributed by atoms with E-state index >= 15 is 0 Å². The maximum Gasteiger partial charge on any atom is 0.257 e. The Bertz CT molecular complexity index is 1070. The first-order chi connectivity index (χ1) is 14.0. The topological polar surface area (TPSA) is 85.2 Å². The summed E-state index contributed by atoms with van der Waals surface area (Å²) in [6.45, 7) is 0.943. The van der Waals surface area contributed by atoms with E-state index in [1.165, 1.54) is 0 Å². The number of carbonyl (C=O) groups is 2. The molecule has 2 N–H and O–H groups in total. The molecule has 150 valence electrons. The first kappa shape index (κ1) is 19.4. The van der Waals surface area contributed by atoms with Crippen molar-refractivity contribution in [2.75, 3.05) is 11.9 Å². The van der Waals surface area contributed by atoms with Crippen LogP contribution < -0.4 is 10.6 Å². The third kappa shape index (κ3) is 4.11. The summed E-state index contributed by atoms with van der Waals surface area (Å²) in [6, 6.07) is 12.4. The predicted octanol–water partition coefficient (Wildman–Crippen LogP) is 3.27. The number of nitrogens with zero attached hydrogens (tertiary/aromatic N) is 2. The van der Waals surface area contributed by atoms with E-state index in [9.17, 15) is 9.59 Å². The zero-order valence-electron chi connectivity index (χ0n) is 15.9. The molecule has 2 heterocycles. The normalized spacial score (nSPS) is 16.1. The highest BCUT2D eigenvalue weighted by Crippen LogP contribution is 2.22. The average molecular weight is 413 g/mol. The zero-order chi connectivity index (χ0) is 20.4. The van der Waals surface area contributed by atoms with E-state index in [-0.39, 0.29) is 17.9 Å². The fraction of sp³-hybridized carbons (Fsp3) is 0.286. The van der Waals surface area contributed by atoms with Crippen molar-refractivity contribution in [2.24, 2.45) is 7.05 Å². The van der Waals surface area contributed by atoms with Crippen LogP contribution in [0.3, 0.4) is 0 Å². The molecule has 1 saturated heterocycles. The van der Waals surface area contributed by atoms with Crippen LogP contribution in [0.15, 0.2) is 42.5 Å². The van der Waals surface area contributed by atoms with Crippen molar-refractivity contribution < 1.29 is 14.3 Å². The van der Waals surface area contributed by atoms with Gasteiger partial charge in [-0.05, 0) is 43.2 Å². The van der Waals surface area contributed by atoms with Gasteiger partial charge >= 0.3 is 0 Å². The molecule has 8 heteroatoms. The SMILES string of the molecule is Cn1c(CNC(=O)[C@H]2CCCO2)nc2cc(NC(=O)c3ccccc3Cl)ccc21. The quantitative estimate of drug-likeness (QED) is 0.673. The van der Waals surface area contributed by atoms with Crippen molar-refractivity contribution >= 4 is 40.1 Å². The predicted molar refractivity (Wildman–Crippen MR) is 111 cm³/mol. The number of amides is 2. The van der Waals surface area contributed by atoms with E-state index in [1.54, 1.807) is 30.3 Å². The molecule has 1 fully saturated rings. The molecule has 0 saturated carbocycles. The summed E-state index contributed by atoms with van der Waals surface area (Å²) in [5, 5.41) is 6.13. The minimum absolute atomic E-state index is 0.109. The lowest BCUT2D eigenvalue weighted by Crippen LogP contribution is -2.34. The third-order valence-corrected chi connectivity index (χ3v) is 5.32. The number of halogens is 1. The van der Waals surface area contributed by atoms with Crippen molar-refractivity contribution in [2.45, 2.75) is 25.5 Å². The summed E-state index contributed by atoms with van der Waals surface area (Å²) >= 11 is 6.09. The van der Waals surface area contributed by atoms with Crippen LogP contribution >= 0.6 is 11.6 Å². The number of aromatic nitrogens is 2. The van der Waals surface area contributed by atoms with E-state index in [0.29, 0.717) is 29.4 Å². The molecule has 1 atom stereocenters. The van der Waals surface area contributed by atoms with Crippen LogP contribution in [-0.2, 0) is 23.1 Å². The third-order valence-electron chi connectivity index (χ3n) is 4.99. The molecule has 3 aromatic rings. The van der Waals surface area contributed by atoms with Gasteiger partial charge in [0.25, 0.3) is 5.91 Å². The smallest absolute Gasteiger partial charge is 0.257 e. The number of fused-ring (bicyclic) bond motifs is 1. The van der Waals surface area contributed by atoms with Crippen molar-refractivity contribution in [3.63, 3.8) is 0 Å². The number of rotatable bonds is 5. The maximum absolute atomic E-state index is 12.5. The number of anilines is 1. The minimum Gasteiger partial charge on any atom is -0.368 e. The molecule has 1 aliphatic heterocycles. The summed E-state index contributed by atoms with van der Waals surface area (Å²) < 4.78 is 7.32.